The molecule has 138 valence electrons. The second kappa shape index (κ2) is 6.96. The summed E-state index contributed by atoms with van der Waals surface area (Å²) in [5.41, 5.74) is 2.18. The van der Waals surface area contributed by atoms with Crippen molar-refractivity contribution in [1.29, 1.82) is 0 Å². The van der Waals surface area contributed by atoms with Gasteiger partial charge in [-0.3, -0.25) is 4.90 Å². The van der Waals surface area contributed by atoms with Gasteiger partial charge in [-0.05, 0) is 32.6 Å². The fraction of sp³-hybridized carbons (Fsp3) is 0.778. The SMILES string of the molecule is Cc1noc(C)c1CN1C[C@H]2CC[C@@H](C1)N(C(=O)N1CCOCC1)C2. The second-order valence-electron chi connectivity index (χ2n) is 7.63. The number of piperidine rings is 1. The second-order valence-corrected chi connectivity index (χ2v) is 7.63. The number of amides is 2. The highest BCUT2D eigenvalue weighted by atomic mass is 16.5. The van der Waals surface area contributed by atoms with Gasteiger partial charge in [0.05, 0.1) is 18.9 Å². The molecule has 0 aromatic carbocycles. The van der Waals surface area contributed by atoms with E-state index in [2.05, 4.69) is 15.0 Å². The van der Waals surface area contributed by atoms with Gasteiger partial charge in [0.2, 0.25) is 0 Å². The molecule has 0 radical (unpaired) electrons. The summed E-state index contributed by atoms with van der Waals surface area (Å²) in [6.45, 7) is 10.5. The number of hydrogen-bond acceptors (Lipinski definition) is 5. The van der Waals surface area contributed by atoms with Crippen LogP contribution in [0.1, 0.15) is 29.9 Å². The molecule has 4 fully saturated rings. The molecule has 7 heteroatoms. The van der Waals surface area contributed by atoms with Gasteiger partial charge in [-0.2, -0.15) is 0 Å². The van der Waals surface area contributed by atoms with Gasteiger partial charge in [0.25, 0.3) is 0 Å². The third-order valence-corrected chi connectivity index (χ3v) is 5.88. The quantitative estimate of drug-likeness (QED) is 0.813. The van der Waals surface area contributed by atoms with Crippen LogP contribution < -0.4 is 0 Å². The number of hydrogen-bond donors (Lipinski definition) is 0. The Morgan fingerprint density at radius 1 is 1.16 bits per heavy atom. The Hall–Kier alpha value is -1.60. The maximum absolute atomic E-state index is 13.0. The minimum Gasteiger partial charge on any atom is -0.378 e. The molecule has 4 aliphatic rings. The van der Waals surface area contributed by atoms with Gasteiger partial charge >= 0.3 is 6.03 Å². The zero-order valence-electron chi connectivity index (χ0n) is 15.2. The zero-order valence-corrected chi connectivity index (χ0v) is 15.2. The number of carbonyl (C=O) groups is 1. The summed E-state index contributed by atoms with van der Waals surface area (Å²) < 4.78 is 10.7. The molecule has 0 saturated carbocycles. The van der Waals surface area contributed by atoms with E-state index in [4.69, 9.17) is 9.26 Å². The minimum atomic E-state index is 0.206. The molecule has 0 N–H and O–H groups in total. The number of morpholine rings is 1. The van der Waals surface area contributed by atoms with Crippen LogP contribution in [0, 0.1) is 19.8 Å². The maximum atomic E-state index is 13.0. The molecule has 5 heterocycles. The summed E-state index contributed by atoms with van der Waals surface area (Å²) in [7, 11) is 0. The molecular formula is C18H28N4O3. The van der Waals surface area contributed by atoms with Gasteiger partial charge in [-0.15, -0.1) is 0 Å². The van der Waals surface area contributed by atoms with Crippen LogP contribution >= 0.6 is 0 Å². The van der Waals surface area contributed by atoms with Gasteiger partial charge < -0.3 is 19.1 Å². The van der Waals surface area contributed by atoms with Crippen LogP contribution in [0.15, 0.2) is 4.52 Å². The van der Waals surface area contributed by atoms with Crippen LogP contribution in [0.4, 0.5) is 4.79 Å². The van der Waals surface area contributed by atoms with E-state index in [9.17, 15) is 4.79 Å². The molecule has 1 aromatic heterocycles. The number of aromatic nitrogens is 1. The first kappa shape index (κ1) is 16.8. The highest BCUT2D eigenvalue weighted by Gasteiger charge is 2.39. The number of nitrogens with zero attached hydrogens (tertiary/aromatic N) is 4. The van der Waals surface area contributed by atoms with Crippen LogP contribution in [0.3, 0.4) is 0 Å². The lowest BCUT2D eigenvalue weighted by molar-refractivity contribution is 0.0341. The maximum Gasteiger partial charge on any atom is 0.320 e. The molecule has 2 bridgehead atoms. The molecule has 0 unspecified atom stereocenters. The average Bonchev–Trinajstić information content (AvgIpc) is 2.82. The molecule has 0 spiro atoms. The van der Waals surface area contributed by atoms with Crippen LogP contribution in [-0.2, 0) is 11.3 Å². The summed E-state index contributed by atoms with van der Waals surface area (Å²) in [5.74, 6) is 1.47. The van der Waals surface area contributed by atoms with Crippen molar-refractivity contribution in [2.45, 2.75) is 39.3 Å². The number of ether oxygens (including phenoxy) is 1. The Bertz CT molecular complexity index is 606. The summed E-state index contributed by atoms with van der Waals surface area (Å²) in [6, 6.07) is 0.520. The lowest BCUT2D eigenvalue weighted by Gasteiger charge is -2.40. The molecule has 5 rings (SSSR count). The largest absolute Gasteiger partial charge is 0.378 e. The van der Waals surface area contributed by atoms with Gasteiger partial charge in [0.1, 0.15) is 5.76 Å². The number of aryl methyl sites for hydroxylation is 2. The van der Waals surface area contributed by atoms with Crippen molar-refractivity contribution in [2.24, 2.45) is 5.92 Å². The topological polar surface area (TPSA) is 62.1 Å². The summed E-state index contributed by atoms with van der Waals surface area (Å²) in [5, 5.41) is 4.08. The molecule has 0 aliphatic carbocycles. The Labute approximate surface area is 148 Å². The molecule has 4 aliphatic heterocycles. The van der Waals surface area contributed by atoms with Crippen molar-refractivity contribution >= 4 is 6.03 Å². The molecule has 25 heavy (non-hydrogen) atoms. The first-order valence-electron chi connectivity index (χ1n) is 9.39. The Kier molecular flexibility index (Phi) is 4.69. The molecule has 2 amide bonds. The fourth-order valence-electron chi connectivity index (χ4n) is 4.43. The Morgan fingerprint density at radius 2 is 1.96 bits per heavy atom. The van der Waals surface area contributed by atoms with Gasteiger partial charge in [0, 0.05) is 50.9 Å². The third-order valence-electron chi connectivity index (χ3n) is 5.88. The number of urea groups is 1. The Morgan fingerprint density at radius 3 is 2.68 bits per heavy atom. The van der Waals surface area contributed by atoms with E-state index in [-0.39, 0.29) is 6.03 Å². The first-order valence-corrected chi connectivity index (χ1v) is 9.39. The Balaban J connectivity index is 1.46. The first-order chi connectivity index (χ1) is 12.1. The average molecular weight is 348 g/mol. The van der Waals surface area contributed by atoms with E-state index in [1.807, 2.05) is 18.7 Å². The van der Waals surface area contributed by atoms with Gasteiger partial charge in [0.15, 0.2) is 0 Å². The molecule has 2 atom stereocenters. The van der Waals surface area contributed by atoms with E-state index >= 15 is 0 Å². The number of rotatable bonds is 2. The highest BCUT2D eigenvalue weighted by Crippen LogP contribution is 2.30. The van der Waals surface area contributed by atoms with E-state index in [1.54, 1.807) is 0 Å². The van der Waals surface area contributed by atoms with Crippen molar-refractivity contribution in [3.8, 4) is 0 Å². The van der Waals surface area contributed by atoms with Crippen molar-refractivity contribution < 1.29 is 14.1 Å². The van der Waals surface area contributed by atoms with E-state index < -0.39 is 0 Å². The smallest absolute Gasteiger partial charge is 0.320 e. The summed E-state index contributed by atoms with van der Waals surface area (Å²) in [4.78, 5) is 19.6. The minimum absolute atomic E-state index is 0.206. The van der Waals surface area contributed by atoms with Crippen molar-refractivity contribution in [3.05, 3.63) is 17.0 Å². The lowest BCUT2D eigenvalue weighted by atomic mass is 9.95. The zero-order chi connectivity index (χ0) is 17.4. The van der Waals surface area contributed by atoms with Crippen molar-refractivity contribution in [1.82, 2.24) is 19.9 Å². The van der Waals surface area contributed by atoms with Crippen molar-refractivity contribution in [2.75, 3.05) is 45.9 Å². The van der Waals surface area contributed by atoms with Gasteiger partial charge in [-0.1, -0.05) is 5.16 Å². The highest BCUT2D eigenvalue weighted by molar-refractivity contribution is 5.75. The van der Waals surface area contributed by atoms with E-state index in [1.165, 1.54) is 12.0 Å². The molecular weight excluding hydrogens is 320 g/mol. The fourth-order valence-corrected chi connectivity index (χ4v) is 4.43. The van der Waals surface area contributed by atoms with Gasteiger partial charge in [-0.25, -0.2) is 4.79 Å². The monoisotopic (exact) mass is 348 g/mol. The van der Waals surface area contributed by atoms with Crippen LogP contribution in [0.2, 0.25) is 0 Å². The summed E-state index contributed by atoms with van der Waals surface area (Å²) in [6.07, 6.45) is 2.33. The predicted octanol–water partition coefficient (Wildman–Crippen LogP) is 1.64. The summed E-state index contributed by atoms with van der Waals surface area (Å²) >= 11 is 0. The van der Waals surface area contributed by atoms with Crippen LogP contribution in [-0.4, -0.2) is 77.9 Å². The molecule has 4 saturated heterocycles. The predicted molar refractivity (Wildman–Crippen MR) is 92.3 cm³/mol. The normalized spacial score (nSPS) is 27.6. The van der Waals surface area contributed by atoms with E-state index in [0.717, 1.165) is 57.1 Å². The molecule has 7 nitrogen and oxygen atoms in total. The lowest BCUT2D eigenvalue weighted by Crippen LogP contribution is -2.54. The van der Waals surface area contributed by atoms with Crippen LogP contribution in [0.5, 0.6) is 0 Å². The standard InChI is InChI=1S/C18H28N4O3/c1-13-17(14(2)25-19-13)12-20-9-15-3-4-16(11-20)22(10-15)18(23)21-5-7-24-8-6-21/h15-16H,3-12H2,1-2H3/t15-,16+/m1/s1. The molecule has 1 aromatic rings. The third kappa shape index (κ3) is 3.40. The number of carbonyl (C=O) groups excluding carboxylic acids is 1. The van der Waals surface area contributed by atoms with Crippen LogP contribution in [0.25, 0.3) is 0 Å². The van der Waals surface area contributed by atoms with E-state index in [0.29, 0.717) is 25.2 Å². The number of fused-ring (bicyclic) bond motifs is 4. The van der Waals surface area contributed by atoms with Crippen molar-refractivity contribution in [3.63, 3.8) is 0 Å².